The largest absolute Gasteiger partial charge is 0.507 e. The summed E-state index contributed by atoms with van der Waals surface area (Å²) in [5.74, 6) is 0.333. The van der Waals surface area contributed by atoms with E-state index < -0.39 is 0 Å². The van der Waals surface area contributed by atoms with Gasteiger partial charge in [0, 0.05) is 17.3 Å². The molecular formula is C21H19O2P. The van der Waals surface area contributed by atoms with Gasteiger partial charge in [-0.25, -0.2) is 0 Å². The minimum absolute atomic E-state index is 0.256. The molecule has 120 valence electrons. The molecule has 1 atom stereocenters. The van der Waals surface area contributed by atoms with E-state index >= 15 is 0 Å². The van der Waals surface area contributed by atoms with Crippen molar-refractivity contribution < 1.29 is 9.90 Å². The molecule has 0 aliphatic heterocycles. The van der Waals surface area contributed by atoms with Gasteiger partial charge in [-0.2, -0.15) is 0 Å². The van der Waals surface area contributed by atoms with Gasteiger partial charge in [0.15, 0.2) is 6.29 Å². The molecule has 0 fully saturated rings. The van der Waals surface area contributed by atoms with Crippen molar-refractivity contribution >= 4 is 25.5 Å². The number of hydrogen-bond acceptors (Lipinski definition) is 2. The quantitative estimate of drug-likeness (QED) is 0.570. The fourth-order valence-electron chi connectivity index (χ4n) is 2.74. The van der Waals surface area contributed by atoms with Crippen molar-refractivity contribution in [3.63, 3.8) is 0 Å². The Labute approximate surface area is 144 Å². The van der Waals surface area contributed by atoms with Crippen LogP contribution in [0.2, 0.25) is 0 Å². The maximum atomic E-state index is 11.3. The lowest BCUT2D eigenvalue weighted by molar-refractivity contribution is 0.112. The third-order valence-electron chi connectivity index (χ3n) is 4.05. The lowest BCUT2D eigenvalue weighted by Gasteiger charge is -2.13. The van der Waals surface area contributed by atoms with E-state index in [9.17, 15) is 9.90 Å². The standard InChI is InChI=1S/C21H19O2P/c1-15-7-5-11-18(14-22)21(15)24-19-12-6-10-17(20(19)23)13-16-8-3-2-4-9-16/h2-12,14,23-24H,13H2,1H3. The number of aromatic hydroxyl groups is 1. The highest BCUT2D eigenvalue weighted by Gasteiger charge is 2.12. The summed E-state index contributed by atoms with van der Waals surface area (Å²) in [6, 6.07) is 21.7. The molecule has 24 heavy (non-hydrogen) atoms. The van der Waals surface area contributed by atoms with Gasteiger partial charge in [0.05, 0.1) is 0 Å². The number of benzene rings is 3. The van der Waals surface area contributed by atoms with Crippen LogP contribution >= 0.6 is 8.58 Å². The Morgan fingerprint density at radius 3 is 2.46 bits per heavy atom. The zero-order valence-corrected chi connectivity index (χ0v) is 14.5. The third-order valence-corrected chi connectivity index (χ3v) is 5.65. The second-order valence-corrected chi connectivity index (χ2v) is 7.05. The van der Waals surface area contributed by atoms with Gasteiger partial charge in [-0.1, -0.05) is 75.3 Å². The van der Waals surface area contributed by atoms with E-state index in [1.165, 1.54) is 0 Å². The Balaban J connectivity index is 1.93. The summed E-state index contributed by atoms with van der Waals surface area (Å²) in [4.78, 5) is 11.3. The number of carbonyl (C=O) groups excluding carboxylic acids is 1. The molecule has 1 N–H and O–H groups in total. The van der Waals surface area contributed by atoms with Gasteiger partial charge in [-0.05, 0) is 28.9 Å². The van der Waals surface area contributed by atoms with Crippen LogP contribution in [-0.2, 0) is 6.42 Å². The van der Waals surface area contributed by atoms with Gasteiger partial charge in [0.1, 0.15) is 5.75 Å². The molecule has 0 heterocycles. The lowest BCUT2D eigenvalue weighted by Crippen LogP contribution is -2.13. The first-order chi connectivity index (χ1) is 11.7. The fraction of sp³-hybridized carbons (Fsp3) is 0.0952. The molecule has 3 heteroatoms. The third kappa shape index (κ3) is 3.55. The van der Waals surface area contributed by atoms with Crippen molar-refractivity contribution in [2.24, 2.45) is 0 Å². The van der Waals surface area contributed by atoms with Gasteiger partial charge < -0.3 is 5.11 Å². The summed E-state index contributed by atoms with van der Waals surface area (Å²) >= 11 is 0. The van der Waals surface area contributed by atoms with E-state index in [-0.39, 0.29) is 8.58 Å². The molecule has 3 aromatic carbocycles. The number of aryl methyl sites for hydroxylation is 1. The van der Waals surface area contributed by atoms with Crippen LogP contribution in [0.3, 0.4) is 0 Å². The first-order valence-corrected chi connectivity index (χ1v) is 8.85. The van der Waals surface area contributed by atoms with E-state index in [0.29, 0.717) is 17.7 Å². The number of hydrogen-bond donors (Lipinski definition) is 1. The second kappa shape index (κ2) is 7.42. The SMILES string of the molecule is Cc1cccc(C=O)c1Pc1cccc(Cc2ccccc2)c1O. The number of phenolic OH excluding ortho intramolecular Hbond substituents is 1. The molecule has 1 unspecified atom stereocenters. The molecule has 0 radical (unpaired) electrons. The Hall–Kier alpha value is -2.44. The maximum Gasteiger partial charge on any atom is 0.150 e. The van der Waals surface area contributed by atoms with Crippen molar-refractivity contribution in [1.82, 2.24) is 0 Å². The number of aldehydes is 1. The summed E-state index contributed by atoms with van der Waals surface area (Å²) in [6.07, 6.45) is 1.58. The molecular weight excluding hydrogens is 315 g/mol. The number of para-hydroxylation sites is 1. The van der Waals surface area contributed by atoms with Gasteiger partial charge >= 0.3 is 0 Å². The van der Waals surface area contributed by atoms with Crippen LogP contribution in [0.15, 0.2) is 66.7 Å². The van der Waals surface area contributed by atoms with Crippen molar-refractivity contribution in [2.75, 3.05) is 0 Å². The van der Waals surface area contributed by atoms with Crippen LogP contribution in [-0.4, -0.2) is 11.4 Å². The second-order valence-electron chi connectivity index (χ2n) is 5.76. The van der Waals surface area contributed by atoms with E-state index in [4.69, 9.17) is 0 Å². The van der Waals surface area contributed by atoms with Crippen molar-refractivity contribution in [3.05, 3.63) is 89.0 Å². The van der Waals surface area contributed by atoms with Gasteiger partial charge in [0.2, 0.25) is 0 Å². The Bertz CT molecular complexity index is 857. The highest BCUT2D eigenvalue weighted by Crippen LogP contribution is 2.26. The Kier molecular flexibility index (Phi) is 5.08. The molecule has 0 aliphatic rings. The molecule has 0 aromatic heterocycles. The minimum atomic E-state index is 0.256. The van der Waals surface area contributed by atoms with Gasteiger partial charge in [-0.3, -0.25) is 4.79 Å². The van der Waals surface area contributed by atoms with E-state index in [1.807, 2.05) is 61.5 Å². The molecule has 0 spiro atoms. The lowest BCUT2D eigenvalue weighted by atomic mass is 10.0. The van der Waals surface area contributed by atoms with E-state index in [2.05, 4.69) is 12.1 Å². The zero-order chi connectivity index (χ0) is 16.9. The smallest absolute Gasteiger partial charge is 0.150 e. The topological polar surface area (TPSA) is 37.3 Å². The number of rotatable bonds is 5. The van der Waals surface area contributed by atoms with Crippen LogP contribution in [0.4, 0.5) is 0 Å². The van der Waals surface area contributed by atoms with Gasteiger partial charge in [-0.15, -0.1) is 0 Å². The fourth-order valence-corrected chi connectivity index (χ4v) is 4.04. The summed E-state index contributed by atoms with van der Waals surface area (Å²) in [6.45, 7) is 2.00. The predicted molar refractivity (Wildman–Crippen MR) is 102 cm³/mol. The highest BCUT2D eigenvalue weighted by molar-refractivity contribution is 7.56. The predicted octanol–water partition coefficient (Wildman–Crippen LogP) is 3.73. The van der Waals surface area contributed by atoms with E-state index in [0.717, 1.165) is 33.6 Å². The minimum Gasteiger partial charge on any atom is -0.507 e. The highest BCUT2D eigenvalue weighted by atomic mass is 31.1. The Morgan fingerprint density at radius 1 is 0.958 bits per heavy atom. The van der Waals surface area contributed by atoms with Crippen LogP contribution in [0.5, 0.6) is 5.75 Å². The van der Waals surface area contributed by atoms with Crippen molar-refractivity contribution in [1.29, 1.82) is 0 Å². The first-order valence-electron chi connectivity index (χ1n) is 7.85. The molecule has 3 rings (SSSR count). The Morgan fingerprint density at radius 2 is 1.71 bits per heavy atom. The number of phenols is 1. The van der Waals surface area contributed by atoms with E-state index in [1.54, 1.807) is 0 Å². The van der Waals surface area contributed by atoms with Crippen LogP contribution in [0, 0.1) is 6.92 Å². The monoisotopic (exact) mass is 334 g/mol. The van der Waals surface area contributed by atoms with Crippen molar-refractivity contribution in [3.8, 4) is 5.75 Å². The van der Waals surface area contributed by atoms with Crippen LogP contribution in [0.1, 0.15) is 27.0 Å². The average Bonchev–Trinajstić information content (AvgIpc) is 2.61. The molecule has 3 aromatic rings. The normalized spacial score (nSPS) is 11.0. The average molecular weight is 334 g/mol. The summed E-state index contributed by atoms with van der Waals surface area (Å²) in [5, 5.41) is 12.6. The van der Waals surface area contributed by atoms with Crippen molar-refractivity contribution in [2.45, 2.75) is 13.3 Å². The summed E-state index contributed by atoms with van der Waals surface area (Å²) in [7, 11) is 0.256. The van der Waals surface area contributed by atoms with Crippen LogP contribution in [0.25, 0.3) is 0 Å². The molecule has 0 bridgehead atoms. The molecule has 0 aliphatic carbocycles. The molecule has 2 nitrogen and oxygen atoms in total. The zero-order valence-electron chi connectivity index (χ0n) is 13.5. The summed E-state index contributed by atoms with van der Waals surface area (Å²) < 4.78 is 0. The summed E-state index contributed by atoms with van der Waals surface area (Å²) in [5.41, 5.74) is 3.84. The molecule has 0 saturated carbocycles. The molecule has 0 saturated heterocycles. The molecule has 0 amide bonds. The van der Waals surface area contributed by atoms with Crippen LogP contribution < -0.4 is 10.6 Å². The van der Waals surface area contributed by atoms with Gasteiger partial charge in [0.25, 0.3) is 0 Å². The first kappa shape index (κ1) is 16.4. The number of carbonyl (C=O) groups is 1. The maximum absolute atomic E-state index is 11.3.